The van der Waals surface area contributed by atoms with Crippen LogP contribution in [0.1, 0.15) is 59.9 Å². The second kappa shape index (κ2) is 17.0. The Kier molecular flexibility index (Phi) is 15.8. The van der Waals surface area contributed by atoms with E-state index in [1.54, 1.807) is 13.8 Å². The molecule has 0 aromatic heterocycles. The van der Waals surface area contributed by atoms with Gasteiger partial charge < -0.3 is 26.4 Å². The van der Waals surface area contributed by atoms with Crippen LogP contribution in [0.25, 0.3) is 0 Å². The van der Waals surface area contributed by atoms with Gasteiger partial charge in [-0.25, -0.2) is 4.79 Å². The van der Waals surface area contributed by atoms with E-state index in [2.05, 4.69) is 16.0 Å². The van der Waals surface area contributed by atoms with Gasteiger partial charge in [-0.15, -0.1) is 12.4 Å². The van der Waals surface area contributed by atoms with Crippen molar-refractivity contribution in [1.82, 2.24) is 16.0 Å². The van der Waals surface area contributed by atoms with Gasteiger partial charge in [0.2, 0.25) is 17.7 Å². The summed E-state index contributed by atoms with van der Waals surface area (Å²) in [6.45, 7) is 11.4. The van der Waals surface area contributed by atoms with Crippen molar-refractivity contribution in [2.45, 2.75) is 85.0 Å². The number of esters is 1. The molecule has 0 saturated heterocycles. The predicted molar refractivity (Wildman–Crippen MR) is 147 cm³/mol. The van der Waals surface area contributed by atoms with Crippen LogP contribution in [0.15, 0.2) is 30.3 Å². The number of hydrogen-bond donors (Lipinski definition) is 4. The third kappa shape index (κ3) is 12.4. The summed E-state index contributed by atoms with van der Waals surface area (Å²) < 4.78 is 4.88. The van der Waals surface area contributed by atoms with E-state index in [1.165, 1.54) is 7.11 Å². The number of ether oxygens (including phenoxy) is 1. The van der Waals surface area contributed by atoms with Crippen LogP contribution in [0.2, 0.25) is 0 Å². The molecule has 1 rings (SSSR count). The van der Waals surface area contributed by atoms with Crippen molar-refractivity contribution in [2.24, 2.45) is 23.5 Å². The molecule has 0 unspecified atom stereocenters. The van der Waals surface area contributed by atoms with Gasteiger partial charge in [0.15, 0.2) is 0 Å². The number of carbonyl (C=O) groups excluding carboxylic acids is 4. The first kappa shape index (κ1) is 34.4. The number of rotatable bonds is 14. The van der Waals surface area contributed by atoms with Gasteiger partial charge in [0.25, 0.3) is 0 Å². The average Bonchev–Trinajstić information content (AvgIpc) is 2.80. The predicted octanol–water partition coefficient (Wildman–Crippen LogP) is 2.35. The van der Waals surface area contributed by atoms with E-state index in [0.29, 0.717) is 12.8 Å². The van der Waals surface area contributed by atoms with Gasteiger partial charge in [-0.3, -0.25) is 14.4 Å². The fourth-order valence-electron chi connectivity index (χ4n) is 3.83. The summed E-state index contributed by atoms with van der Waals surface area (Å²) in [5, 5.41) is 8.26. The van der Waals surface area contributed by atoms with Crippen molar-refractivity contribution in [3.05, 3.63) is 35.9 Å². The quantitative estimate of drug-likeness (QED) is 0.267. The molecule has 3 amide bonds. The fraction of sp³-hybridized carbons (Fsp3) is 0.630. The standard InChI is InChI=1S/C27H44N4O5.ClH/c1-16(2)13-20(28)24(32)29-21(14-17(3)4)25(33)31-23(18(5)6)26(34)30-22(27(35)36-7)15-19-11-9-8-10-12-19;/h8-12,16-18,20-23H,13-15,28H2,1-7H3,(H,29,32)(H,30,34)(H,31,33);1H/t20-,21-,22-,23-;/m0./s1. The molecule has 0 fully saturated rings. The van der Waals surface area contributed by atoms with E-state index in [0.717, 1.165) is 5.56 Å². The minimum atomic E-state index is -0.920. The lowest BCUT2D eigenvalue weighted by Gasteiger charge is -2.28. The number of hydrogen-bond acceptors (Lipinski definition) is 6. The summed E-state index contributed by atoms with van der Waals surface area (Å²) in [5.74, 6) is -1.88. The normalized spacial score (nSPS) is 14.2. The Morgan fingerprint density at radius 2 is 1.32 bits per heavy atom. The molecule has 1 aromatic rings. The lowest BCUT2D eigenvalue weighted by Crippen LogP contribution is -2.59. The summed E-state index contributed by atoms with van der Waals surface area (Å²) in [7, 11) is 1.26. The number of carbonyl (C=O) groups is 4. The molecule has 9 nitrogen and oxygen atoms in total. The van der Waals surface area contributed by atoms with Crippen LogP contribution < -0.4 is 21.7 Å². The maximum Gasteiger partial charge on any atom is 0.328 e. The van der Waals surface area contributed by atoms with Crippen LogP contribution in [0.5, 0.6) is 0 Å². The third-order valence-electron chi connectivity index (χ3n) is 5.73. The number of halogens is 1. The van der Waals surface area contributed by atoms with Crippen molar-refractivity contribution in [3.63, 3.8) is 0 Å². The summed E-state index contributed by atoms with van der Waals surface area (Å²) in [5.41, 5.74) is 6.86. The SMILES string of the molecule is COC(=O)[C@H](Cc1ccccc1)NC(=O)[C@@H](NC(=O)[C@H](CC(C)C)NC(=O)[C@@H](N)CC(C)C)C(C)C.Cl. The van der Waals surface area contributed by atoms with E-state index in [-0.39, 0.29) is 36.6 Å². The summed E-state index contributed by atoms with van der Waals surface area (Å²) >= 11 is 0. The maximum absolute atomic E-state index is 13.2. The van der Waals surface area contributed by atoms with Crippen LogP contribution in [-0.4, -0.2) is 55.0 Å². The lowest BCUT2D eigenvalue weighted by atomic mass is 9.98. The van der Waals surface area contributed by atoms with Gasteiger partial charge in [0.1, 0.15) is 18.1 Å². The molecule has 1 aromatic carbocycles. The molecule has 5 N–H and O–H groups in total. The molecule has 0 bridgehead atoms. The largest absolute Gasteiger partial charge is 0.467 e. The minimum absolute atomic E-state index is 0. The first-order chi connectivity index (χ1) is 16.8. The Hall–Kier alpha value is -2.65. The van der Waals surface area contributed by atoms with E-state index in [1.807, 2.05) is 58.0 Å². The highest BCUT2D eigenvalue weighted by Crippen LogP contribution is 2.11. The summed E-state index contributed by atoms with van der Waals surface area (Å²) in [6, 6.07) is 5.86. The number of nitrogens with two attached hydrogens (primary N) is 1. The van der Waals surface area contributed by atoms with E-state index in [9.17, 15) is 19.2 Å². The Labute approximate surface area is 227 Å². The number of benzene rings is 1. The van der Waals surface area contributed by atoms with Gasteiger partial charge in [0, 0.05) is 6.42 Å². The number of nitrogens with one attached hydrogen (secondary N) is 3. The van der Waals surface area contributed by atoms with E-state index >= 15 is 0 Å². The van der Waals surface area contributed by atoms with Crippen molar-refractivity contribution in [3.8, 4) is 0 Å². The van der Waals surface area contributed by atoms with Crippen molar-refractivity contribution in [2.75, 3.05) is 7.11 Å². The zero-order chi connectivity index (χ0) is 27.4. The number of amides is 3. The molecule has 210 valence electrons. The van der Waals surface area contributed by atoms with Crippen LogP contribution in [0, 0.1) is 17.8 Å². The smallest absolute Gasteiger partial charge is 0.328 e. The highest BCUT2D eigenvalue weighted by molar-refractivity contribution is 5.94. The molecule has 0 heterocycles. The van der Waals surface area contributed by atoms with Crippen LogP contribution in [-0.2, 0) is 30.3 Å². The molecule has 0 aliphatic rings. The van der Waals surface area contributed by atoms with Gasteiger partial charge >= 0.3 is 5.97 Å². The molecular formula is C27H45ClN4O5. The Balaban J connectivity index is 0.0000130. The molecule has 37 heavy (non-hydrogen) atoms. The molecule has 0 aliphatic carbocycles. The zero-order valence-electron chi connectivity index (χ0n) is 23.1. The van der Waals surface area contributed by atoms with E-state index < -0.39 is 47.9 Å². The highest BCUT2D eigenvalue weighted by atomic mass is 35.5. The third-order valence-corrected chi connectivity index (χ3v) is 5.73. The highest BCUT2D eigenvalue weighted by Gasteiger charge is 2.32. The first-order valence-corrected chi connectivity index (χ1v) is 12.6. The Bertz CT molecular complexity index is 864. The summed E-state index contributed by atoms with van der Waals surface area (Å²) in [6.07, 6.45) is 1.13. The zero-order valence-corrected chi connectivity index (χ0v) is 23.9. The summed E-state index contributed by atoms with van der Waals surface area (Å²) in [4.78, 5) is 51.4. The lowest BCUT2D eigenvalue weighted by molar-refractivity contribution is -0.145. The molecule has 10 heteroatoms. The molecule has 0 spiro atoms. The fourth-order valence-corrected chi connectivity index (χ4v) is 3.83. The topological polar surface area (TPSA) is 140 Å². The molecule has 0 saturated carbocycles. The van der Waals surface area contributed by atoms with Crippen molar-refractivity contribution >= 4 is 36.1 Å². The van der Waals surface area contributed by atoms with Crippen molar-refractivity contribution < 1.29 is 23.9 Å². The van der Waals surface area contributed by atoms with Crippen LogP contribution in [0.3, 0.4) is 0 Å². The monoisotopic (exact) mass is 540 g/mol. The van der Waals surface area contributed by atoms with Gasteiger partial charge in [-0.2, -0.15) is 0 Å². The number of methoxy groups -OCH3 is 1. The first-order valence-electron chi connectivity index (χ1n) is 12.6. The maximum atomic E-state index is 13.2. The molecule has 4 atom stereocenters. The molecule has 0 aliphatic heterocycles. The van der Waals surface area contributed by atoms with Crippen LogP contribution >= 0.6 is 12.4 Å². The van der Waals surface area contributed by atoms with Crippen molar-refractivity contribution in [1.29, 1.82) is 0 Å². The molecule has 0 radical (unpaired) electrons. The van der Waals surface area contributed by atoms with E-state index in [4.69, 9.17) is 10.5 Å². The Morgan fingerprint density at radius 3 is 1.81 bits per heavy atom. The second-order valence-electron chi connectivity index (χ2n) is 10.4. The Morgan fingerprint density at radius 1 is 0.784 bits per heavy atom. The van der Waals surface area contributed by atoms with Gasteiger partial charge in [0.05, 0.1) is 13.2 Å². The second-order valence-corrected chi connectivity index (χ2v) is 10.4. The van der Waals surface area contributed by atoms with Gasteiger partial charge in [-0.05, 0) is 36.2 Å². The average molecular weight is 541 g/mol. The van der Waals surface area contributed by atoms with Gasteiger partial charge in [-0.1, -0.05) is 71.9 Å². The van der Waals surface area contributed by atoms with Crippen LogP contribution in [0.4, 0.5) is 0 Å². The minimum Gasteiger partial charge on any atom is -0.467 e. The molecular weight excluding hydrogens is 496 g/mol.